The van der Waals surface area contributed by atoms with Crippen molar-refractivity contribution in [2.75, 3.05) is 14.2 Å². The molecule has 0 bridgehead atoms. The summed E-state index contributed by atoms with van der Waals surface area (Å²) >= 11 is 0. The monoisotopic (exact) mass is 313 g/mol. The third kappa shape index (κ3) is 4.03. The topological polar surface area (TPSA) is 47.6 Å². The molecule has 4 nitrogen and oxygen atoms in total. The number of benzene rings is 2. The standard InChI is InChI=1S/C19H23NO3/c1-5-17(15-8-11-18(23-4)13(2)12-15)20-19(21)14-6-9-16(22-3)10-7-14/h6-12,17H,5H2,1-4H3,(H,20,21)/t17-/m0/s1. The molecule has 2 aromatic carbocycles. The van der Waals surface area contributed by atoms with Crippen LogP contribution < -0.4 is 14.8 Å². The molecule has 0 radical (unpaired) electrons. The number of amides is 1. The van der Waals surface area contributed by atoms with Gasteiger partial charge in [-0.3, -0.25) is 4.79 Å². The minimum absolute atomic E-state index is 0.0331. The molecule has 1 atom stereocenters. The summed E-state index contributed by atoms with van der Waals surface area (Å²) < 4.78 is 10.4. The van der Waals surface area contributed by atoms with Crippen molar-refractivity contribution in [1.82, 2.24) is 5.32 Å². The molecular formula is C19H23NO3. The molecule has 2 aromatic rings. The van der Waals surface area contributed by atoms with Crippen LogP contribution in [0.4, 0.5) is 0 Å². The van der Waals surface area contributed by atoms with Crippen molar-refractivity contribution >= 4 is 5.91 Å². The Bertz CT molecular complexity index is 665. The van der Waals surface area contributed by atoms with Gasteiger partial charge in [-0.1, -0.05) is 19.1 Å². The molecule has 0 aliphatic carbocycles. The van der Waals surface area contributed by atoms with E-state index in [0.717, 1.165) is 29.0 Å². The second-order valence-corrected chi connectivity index (χ2v) is 5.39. The van der Waals surface area contributed by atoms with Crippen LogP contribution >= 0.6 is 0 Å². The first-order valence-electron chi connectivity index (χ1n) is 7.68. The van der Waals surface area contributed by atoms with E-state index in [2.05, 4.69) is 18.3 Å². The summed E-state index contributed by atoms with van der Waals surface area (Å²) in [6.45, 7) is 4.05. The molecule has 1 N–H and O–H groups in total. The Labute approximate surface area is 137 Å². The average Bonchev–Trinajstić information content (AvgIpc) is 2.59. The van der Waals surface area contributed by atoms with E-state index in [1.807, 2.05) is 19.1 Å². The lowest BCUT2D eigenvalue weighted by atomic mass is 10.0. The zero-order valence-corrected chi connectivity index (χ0v) is 14.1. The normalized spacial score (nSPS) is 11.7. The largest absolute Gasteiger partial charge is 0.497 e. The van der Waals surface area contributed by atoms with Crippen molar-refractivity contribution in [3.63, 3.8) is 0 Å². The molecule has 1 amide bonds. The SMILES string of the molecule is CC[C@H](NC(=O)c1ccc(OC)cc1)c1ccc(OC)c(C)c1. The number of nitrogens with one attached hydrogen (secondary N) is 1. The van der Waals surface area contributed by atoms with E-state index in [-0.39, 0.29) is 11.9 Å². The van der Waals surface area contributed by atoms with Crippen molar-refractivity contribution < 1.29 is 14.3 Å². The molecule has 4 heteroatoms. The summed E-state index contributed by atoms with van der Waals surface area (Å²) in [6.07, 6.45) is 0.813. The molecular weight excluding hydrogens is 290 g/mol. The highest BCUT2D eigenvalue weighted by Crippen LogP contribution is 2.24. The maximum atomic E-state index is 12.4. The lowest BCUT2D eigenvalue weighted by molar-refractivity contribution is 0.0935. The van der Waals surface area contributed by atoms with Gasteiger partial charge in [0.15, 0.2) is 0 Å². The number of methoxy groups -OCH3 is 2. The third-order valence-electron chi connectivity index (χ3n) is 3.89. The quantitative estimate of drug-likeness (QED) is 0.880. The van der Waals surface area contributed by atoms with Gasteiger partial charge < -0.3 is 14.8 Å². The number of rotatable bonds is 6. The molecule has 2 rings (SSSR count). The molecule has 0 unspecified atom stereocenters. The maximum absolute atomic E-state index is 12.4. The second kappa shape index (κ2) is 7.68. The second-order valence-electron chi connectivity index (χ2n) is 5.39. The lowest BCUT2D eigenvalue weighted by Crippen LogP contribution is -2.28. The molecule has 0 aliphatic rings. The smallest absolute Gasteiger partial charge is 0.251 e. The molecule has 0 aromatic heterocycles. The van der Waals surface area contributed by atoms with Gasteiger partial charge >= 0.3 is 0 Å². The van der Waals surface area contributed by atoms with Crippen LogP contribution in [0, 0.1) is 6.92 Å². The van der Waals surface area contributed by atoms with Gasteiger partial charge in [-0.25, -0.2) is 0 Å². The number of hydrogen-bond acceptors (Lipinski definition) is 3. The number of carbonyl (C=O) groups excluding carboxylic acids is 1. The summed E-state index contributed by atoms with van der Waals surface area (Å²) in [7, 11) is 3.26. The molecule has 0 spiro atoms. The van der Waals surface area contributed by atoms with Gasteiger partial charge in [0, 0.05) is 5.56 Å². The highest BCUT2D eigenvalue weighted by Gasteiger charge is 2.15. The van der Waals surface area contributed by atoms with Crippen LogP contribution in [0.15, 0.2) is 42.5 Å². The summed E-state index contributed by atoms with van der Waals surface area (Å²) in [5.74, 6) is 1.50. The minimum Gasteiger partial charge on any atom is -0.497 e. The highest BCUT2D eigenvalue weighted by atomic mass is 16.5. The molecule has 0 heterocycles. The van der Waals surface area contributed by atoms with Gasteiger partial charge in [-0.05, 0) is 54.8 Å². The first kappa shape index (κ1) is 16.9. The van der Waals surface area contributed by atoms with E-state index >= 15 is 0 Å². The summed E-state index contributed by atoms with van der Waals surface area (Å²) in [5, 5.41) is 3.08. The summed E-state index contributed by atoms with van der Waals surface area (Å²) in [4.78, 5) is 12.4. The van der Waals surface area contributed by atoms with Crippen LogP contribution in [0.2, 0.25) is 0 Å². The van der Waals surface area contributed by atoms with Crippen molar-refractivity contribution in [1.29, 1.82) is 0 Å². The predicted molar refractivity (Wildman–Crippen MR) is 91.2 cm³/mol. The Morgan fingerprint density at radius 2 is 1.78 bits per heavy atom. The Balaban J connectivity index is 2.14. The molecule has 23 heavy (non-hydrogen) atoms. The van der Waals surface area contributed by atoms with Crippen LogP contribution in [0.5, 0.6) is 11.5 Å². The zero-order chi connectivity index (χ0) is 16.8. The zero-order valence-electron chi connectivity index (χ0n) is 14.1. The van der Waals surface area contributed by atoms with Crippen molar-refractivity contribution in [2.45, 2.75) is 26.3 Å². The van der Waals surface area contributed by atoms with Crippen molar-refractivity contribution in [3.8, 4) is 11.5 Å². The minimum atomic E-state index is -0.0898. The van der Waals surface area contributed by atoms with E-state index in [9.17, 15) is 4.79 Å². The third-order valence-corrected chi connectivity index (χ3v) is 3.89. The van der Waals surface area contributed by atoms with Crippen LogP contribution in [-0.2, 0) is 0 Å². The molecule has 0 saturated carbocycles. The van der Waals surface area contributed by atoms with Gasteiger partial charge in [-0.2, -0.15) is 0 Å². The molecule has 0 saturated heterocycles. The fourth-order valence-electron chi connectivity index (χ4n) is 2.52. The van der Waals surface area contributed by atoms with Crippen LogP contribution in [0.1, 0.15) is 40.9 Å². The predicted octanol–water partition coefficient (Wildman–Crippen LogP) is 3.89. The fourth-order valence-corrected chi connectivity index (χ4v) is 2.52. The van der Waals surface area contributed by atoms with Crippen LogP contribution in [0.25, 0.3) is 0 Å². The van der Waals surface area contributed by atoms with E-state index in [4.69, 9.17) is 9.47 Å². The fraction of sp³-hybridized carbons (Fsp3) is 0.316. The Hall–Kier alpha value is -2.49. The van der Waals surface area contributed by atoms with Crippen molar-refractivity contribution in [3.05, 3.63) is 59.2 Å². The first-order valence-corrected chi connectivity index (χ1v) is 7.68. The summed E-state index contributed by atoms with van der Waals surface area (Å²) in [6, 6.07) is 13.1. The summed E-state index contributed by atoms with van der Waals surface area (Å²) in [5.41, 5.74) is 2.75. The Kier molecular flexibility index (Phi) is 5.63. The van der Waals surface area contributed by atoms with Gasteiger partial charge in [0.05, 0.1) is 20.3 Å². The van der Waals surface area contributed by atoms with Crippen LogP contribution in [0.3, 0.4) is 0 Å². The maximum Gasteiger partial charge on any atom is 0.251 e. The van der Waals surface area contributed by atoms with Gasteiger partial charge in [0.25, 0.3) is 5.91 Å². The highest BCUT2D eigenvalue weighted by molar-refractivity contribution is 5.94. The van der Waals surface area contributed by atoms with E-state index < -0.39 is 0 Å². The van der Waals surface area contributed by atoms with Gasteiger partial charge in [-0.15, -0.1) is 0 Å². The first-order chi connectivity index (χ1) is 11.1. The number of aryl methyl sites for hydroxylation is 1. The van der Waals surface area contributed by atoms with Gasteiger partial charge in [0.1, 0.15) is 11.5 Å². The molecule has 0 aliphatic heterocycles. The van der Waals surface area contributed by atoms with Crippen LogP contribution in [-0.4, -0.2) is 20.1 Å². The van der Waals surface area contributed by atoms with E-state index in [1.54, 1.807) is 38.5 Å². The average molecular weight is 313 g/mol. The lowest BCUT2D eigenvalue weighted by Gasteiger charge is -2.19. The van der Waals surface area contributed by atoms with Gasteiger partial charge in [0.2, 0.25) is 0 Å². The number of carbonyl (C=O) groups is 1. The van der Waals surface area contributed by atoms with E-state index in [1.165, 1.54) is 0 Å². The number of hydrogen-bond donors (Lipinski definition) is 1. The number of ether oxygens (including phenoxy) is 2. The molecule has 0 fully saturated rings. The molecule has 122 valence electrons. The Morgan fingerprint density at radius 1 is 1.09 bits per heavy atom. The Morgan fingerprint density at radius 3 is 2.30 bits per heavy atom. The van der Waals surface area contributed by atoms with Crippen molar-refractivity contribution in [2.24, 2.45) is 0 Å². The van der Waals surface area contributed by atoms with E-state index in [0.29, 0.717) is 5.56 Å².